The van der Waals surface area contributed by atoms with Crippen LogP contribution in [0.2, 0.25) is 5.02 Å². The van der Waals surface area contributed by atoms with Gasteiger partial charge in [0.2, 0.25) is 0 Å². The van der Waals surface area contributed by atoms with E-state index in [1.807, 2.05) is 19.1 Å². The Morgan fingerprint density at radius 2 is 1.84 bits per heavy atom. The summed E-state index contributed by atoms with van der Waals surface area (Å²) in [4.78, 5) is 16.1. The van der Waals surface area contributed by atoms with Crippen LogP contribution >= 0.6 is 22.9 Å². The van der Waals surface area contributed by atoms with Gasteiger partial charge in [-0.05, 0) is 35.1 Å². The molecule has 3 aromatic rings. The topological polar surface area (TPSA) is 41.6 Å². The summed E-state index contributed by atoms with van der Waals surface area (Å²) in [6.45, 7) is 12.4. The van der Waals surface area contributed by atoms with E-state index < -0.39 is 0 Å². The number of fused-ring (bicyclic) bond motifs is 1. The molecule has 0 saturated carbocycles. The van der Waals surface area contributed by atoms with Crippen molar-refractivity contribution in [3.8, 4) is 0 Å². The van der Waals surface area contributed by atoms with Crippen LogP contribution in [-0.4, -0.2) is 43.7 Å². The Morgan fingerprint density at radius 3 is 2.50 bits per heavy atom. The zero-order chi connectivity index (χ0) is 22.9. The summed E-state index contributed by atoms with van der Waals surface area (Å²) >= 11 is 8.02. The lowest BCUT2D eigenvalue weighted by molar-refractivity contribution is 0.0162. The molecular weight excluding hydrogens is 440 g/mol. The van der Waals surface area contributed by atoms with Crippen molar-refractivity contribution in [1.29, 1.82) is 0 Å². The molecule has 1 saturated heterocycles. The molecule has 1 atom stereocenters. The average Bonchev–Trinajstić information content (AvgIpc) is 3.10. The van der Waals surface area contributed by atoms with E-state index in [2.05, 4.69) is 61.3 Å². The molecule has 32 heavy (non-hydrogen) atoms. The van der Waals surface area contributed by atoms with E-state index in [0.29, 0.717) is 29.7 Å². The van der Waals surface area contributed by atoms with Crippen molar-refractivity contribution in [2.75, 3.05) is 32.8 Å². The minimum absolute atomic E-state index is 0.0901. The lowest BCUT2D eigenvalue weighted by atomic mass is 9.86. The number of aryl methyl sites for hydroxylation is 1. The van der Waals surface area contributed by atoms with Crippen molar-refractivity contribution < 1.29 is 9.53 Å². The molecule has 2 aromatic carbocycles. The number of nitrogens with one attached hydrogen (secondary N) is 1. The SMILES string of the molecule is Cc1ccc2c(Cl)c(C(=O)NC[C@@H](c3ccc(C(C)(C)C)cc3)N3CCOCC3)sc2c1. The van der Waals surface area contributed by atoms with Gasteiger partial charge in [0.1, 0.15) is 4.88 Å². The van der Waals surface area contributed by atoms with Gasteiger partial charge in [0, 0.05) is 29.7 Å². The molecule has 1 N–H and O–H groups in total. The van der Waals surface area contributed by atoms with Gasteiger partial charge in [-0.15, -0.1) is 11.3 Å². The molecule has 0 unspecified atom stereocenters. The van der Waals surface area contributed by atoms with Crippen molar-refractivity contribution in [3.05, 3.63) is 69.1 Å². The van der Waals surface area contributed by atoms with Crippen LogP contribution in [0.4, 0.5) is 0 Å². The van der Waals surface area contributed by atoms with E-state index in [4.69, 9.17) is 16.3 Å². The molecule has 4 nitrogen and oxygen atoms in total. The van der Waals surface area contributed by atoms with Crippen molar-refractivity contribution in [2.45, 2.75) is 39.2 Å². The number of halogens is 1. The quantitative estimate of drug-likeness (QED) is 0.500. The minimum Gasteiger partial charge on any atom is -0.379 e. The van der Waals surface area contributed by atoms with Crippen molar-refractivity contribution in [2.24, 2.45) is 0 Å². The molecule has 1 aliphatic rings. The second-order valence-electron chi connectivity index (χ2n) is 9.49. The summed E-state index contributed by atoms with van der Waals surface area (Å²) in [6, 6.07) is 15.0. The van der Waals surface area contributed by atoms with Crippen molar-refractivity contribution in [3.63, 3.8) is 0 Å². The standard InChI is InChI=1S/C26H31ClN2O2S/c1-17-5-10-20-22(15-17)32-24(23(20)27)25(30)28-16-21(29-11-13-31-14-12-29)18-6-8-19(9-7-18)26(2,3)4/h5-10,15,21H,11-14,16H2,1-4H3,(H,28,30)/t21-/m0/s1. The first-order valence-corrected chi connectivity index (χ1v) is 12.3. The lowest BCUT2D eigenvalue weighted by Gasteiger charge is -2.35. The number of benzene rings is 2. The number of carbonyl (C=O) groups is 1. The number of hydrogen-bond donors (Lipinski definition) is 1. The van der Waals surface area contributed by atoms with Gasteiger partial charge in [-0.2, -0.15) is 0 Å². The van der Waals surface area contributed by atoms with Gasteiger partial charge in [-0.1, -0.05) is 68.8 Å². The van der Waals surface area contributed by atoms with Crippen LogP contribution in [0.25, 0.3) is 10.1 Å². The number of carbonyl (C=O) groups excluding carboxylic acids is 1. The largest absolute Gasteiger partial charge is 0.379 e. The van der Waals surface area contributed by atoms with Crippen LogP contribution in [0.3, 0.4) is 0 Å². The maximum Gasteiger partial charge on any atom is 0.262 e. The Kier molecular flexibility index (Phi) is 6.91. The Hall–Kier alpha value is -1.92. The van der Waals surface area contributed by atoms with E-state index in [1.54, 1.807) is 0 Å². The first kappa shape index (κ1) is 23.2. The molecule has 1 aromatic heterocycles. The normalized spacial score (nSPS) is 16.3. The molecule has 4 rings (SSSR count). The lowest BCUT2D eigenvalue weighted by Crippen LogP contribution is -2.43. The number of rotatable bonds is 5. The second-order valence-corrected chi connectivity index (χ2v) is 10.9. The minimum atomic E-state index is -0.113. The predicted molar refractivity (Wildman–Crippen MR) is 134 cm³/mol. The molecule has 170 valence electrons. The number of hydrogen-bond acceptors (Lipinski definition) is 4. The monoisotopic (exact) mass is 470 g/mol. The van der Waals surface area contributed by atoms with E-state index in [-0.39, 0.29) is 17.4 Å². The molecule has 0 spiro atoms. The van der Waals surface area contributed by atoms with Crippen LogP contribution in [0, 0.1) is 6.92 Å². The summed E-state index contributed by atoms with van der Waals surface area (Å²) < 4.78 is 6.60. The molecule has 2 heterocycles. The van der Waals surface area contributed by atoms with E-state index in [9.17, 15) is 4.79 Å². The fourth-order valence-corrected chi connectivity index (χ4v) is 5.67. The summed E-state index contributed by atoms with van der Waals surface area (Å²) in [5.41, 5.74) is 3.78. The van der Waals surface area contributed by atoms with Crippen LogP contribution in [0.5, 0.6) is 0 Å². The maximum absolute atomic E-state index is 13.1. The molecule has 1 fully saturated rings. The molecule has 0 radical (unpaired) electrons. The van der Waals surface area contributed by atoms with Crippen LogP contribution in [-0.2, 0) is 10.2 Å². The van der Waals surface area contributed by atoms with Gasteiger partial charge >= 0.3 is 0 Å². The number of amides is 1. The third-order valence-electron chi connectivity index (χ3n) is 6.10. The number of thiophene rings is 1. The first-order chi connectivity index (χ1) is 15.2. The molecular formula is C26H31ClN2O2S. The average molecular weight is 471 g/mol. The molecule has 1 aliphatic heterocycles. The van der Waals surface area contributed by atoms with Gasteiger partial charge in [0.15, 0.2) is 0 Å². The van der Waals surface area contributed by atoms with Gasteiger partial charge in [0.05, 0.1) is 24.3 Å². The number of morpholine rings is 1. The maximum atomic E-state index is 13.1. The van der Waals surface area contributed by atoms with Gasteiger partial charge < -0.3 is 10.1 Å². The molecule has 1 amide bonds. The fraction of sp³-hybridized carbons (Fsp3) is 0.423. The highest BCUT2D eigenvalue weighted by Crippen LogP contribution is 2.36. The number of nitrogens with zero attached hydrogens (tertiary/aromatic N) is 1. The predicted octanol–water partition coefficient (Wildman–Crippen LogP) is 5.96. The first-order valence-electron chi connectivity index (χ1n) is 11.1. The third-order valence-corrected chi connectivity index (χ3v) is 7.75. The summed E-state index contributed by atoms with van der Waals surface area (Å²) in [5.74, 6) is -0.113. The van der Waals surface area contributed by atoms with Gasteiger partial charge in [0.25, 0.3) is 5.91 Å². The van der Waals surface area contributed by atoms with Crippen LogP contribution in [0.1, 0.15) is 53.2 Å². The highest BCUT2D eigenvalue weighted by atomic mass is 35.5. The Balaban J connectivity index is 1.55. The fourth-order valence-electron chi connectivity index (χ4n) is 4.14. The summed E-state index contributed by atoms with van der Waals surface area (Å²) in [5, 5.41) is 4.64. The molecule has 0 bridgehead atoms. The molecule has 6 heteroatoms. The second kappa shape index (κ2) is 9.52. The van der Waals surface area contributed by atoms with Crippen LogP contribution < -0.4 is 5.32 Å². The summed E-state index contributed by atoms with van der Waals surface area (Å²) in [7, 11) is 0. The van der Waals surface area contributed by atoms with Crippen molar-refractivity contribution in [1.82, 2.24) is 10.2 Å². The Bertz CT molecular complexity index is 1100. The van der Waals surface area contributed by atoms with Gasteiger partial charge in [-0.3, -0.25) is 9.69 Å². The van der Waals surface area contributed by atoms with Crippen LogP contribution in [0.15, 0.2) is 42.5 Å². The zero-order valence-corrected chi connectivity index (χ0v) is 20.8. The zero-order valence-electron chi connectivity index (χ0n) is 19.2. The highest BCUT2D eigenvalue weighted by molar-refractivity contribution is 7.21. The smallest absolute Gasteiger partial charge is 0.262 e. The number of ether oxygens (including phenoxy) is 1. The third kappa shape index (κ3) is 5.01. The Labute approximate surface area is 199 Å². The van der Waals surface area contributed by atoms with E-state index >= 15 is 0 Å². The molecule has 0 aliphatic carbocycles. The Morgan fingerprint density at radius 1 is 1.16 bits per heavy atom. The summed E-state index contributed by atoms with van der Waals surface area (Å²) in [6.07, 6.45) is 0. The van der Waals surface area contributed by atoms with E-state index in [0.717, 1.165) is 28.7 Å². The van der Waals surface area contributed by atoms with Gasteiger partial charge in [-0.25, -0.2) is 0 Å². The highest BCUT2D eigenvalue weighted by Gasteiger charge is 2.25. The van der Waals surface area contributed by atoms with Crippen molar-refractivity contribution >= 4 is 38.9 Å². The van der Waals surface area contributed by atoms with E-state index in [1.165, 1.54) is 22.5 Å².